The summed E-state index contributed by atoms with van der Waals surface area (Å²) in [5.41, 5.74) is 2.79. The van der Waals surface area contributed by atoms with Crippen molar-refractivity contribution in [2.45, 2.75) is 33.6 Å². The third-order valence-corrected chi connectivity index (χ3v) is 3.83. The summed E-state index contributed by atoms with van der Waals surface area (Å²) in [6.07, 6.45) is 0.696. The molecule has 27 heavy (non-hydrogen) atoms. The van der Waals surface area contributed by atoms with E-state index in [1.807, 2.05) is 25.1 Å². The molecule has 0 aliphatic rings. The molecule has 2 aromatic rings. The van der Waals surface area contributed by atoms with E-state index in [0.29, 0.717) is 41.7 Å². The van der Waals surface area contributed by atoms with E-state index in [-0.39, 0.29) is 19.0 Å². The Balaban J connectivity index is 1.89. The van der Waals surface area contributed by atoms with Crippen LogP contribution < -0.4 is 5.32 Å². The number of pyridine rings is 1. The number of carbonyl (C=O) groups excluding carboxylic acids is 3. The summed E-state index contributed by atoms with van der Waals surface area (Å²) < 4.78 is 9.94. The second-order valence-corrected chi connectivity index (χ2v) is 6.17. The number of hydrogen-bond donors (Lipinski definition) is 1. The molecule has 0 saturated heterocycles. The summed E-state index contributed by atoms with van der Waals surface area (Å²) in [4.78, 5) is 39.9. The molecule has 1 aromatic heterocycles. The molecule has 0 aliphatic carbocycles. The number of carbonyl (C=O) groups is 3. The fourth-order valence-electron chi connectivity index (χ4n) is 2.59. The van der Waals surface area contributed by atoms with Gasteiger partial charge < -0.3 is 14.8 Å². The second kappa shape index (κ2) is 9.66. The van der Waals surface area contributed by atoms with Gasteiger partial charge in [0.1, 0.15) is 0 Å². The van der Waals surface area contributed by atoms with Crippen molar-refractivity contribution < 1.29 is 23.9 Å². The van der Waals surface area contributed by atoms with Crippen molar-refractivity contribution in [1.82, 2.24) is 10.3 Å². The number of benzene rings is 1. The van der Waals surface area contributed by atoms with E-state index >= 15 is 0 Å². The molecule has 1 aromatic carbocycles. The number of rotatable bonds is 8. The number of aromatic nitrogens is 1. The van der Waals surface area contributed by atoms with Crippen LogP contribution in [-0.2, 0) is 19.1 Å². The van der Waals surface area contributed by atoms with Crippen LogP contribution in [0.4, 0.5) is 0 Å². The second-order valence-electron chi connectivity index (χ2n) is 6.17. The zero-order valence-electron chi connectivity index (χ0n) is 15.8. The number of hydrogen-bond acceptors (Lipinski definition) is 6. The zero-order valence-corrected chi connectivity index (χ0v) is 15.8. The average Bonchev–Trinajstić information content (AvgIpc) is 2.63. The fraction of sp³-hybridized carbons (Fsp3) is 0.400. The highest BCUT2D eigenvalue weighted by atomic mass is 16.5. The van der Waals surface area contributed by atoms with Crippen molar-refractivity contribution in [3.63, 3.8) is 0 Å². The fourth-order valence-corrected chi connectivity index (χ4v) is 2.59. The van der Waals surface area contributed by atoms with Crippen molar-refractivity contribution in [3.05, 3.63) is 41.1 Å². The Hall–Kier alpha value is -2.96. The van der Waals surface area contributed by atoms with Crippen LogP contribution in [-0.4, -0.2) is 42.6 Å². The molecule has 0 radical (unpaired) electrons. The van der Waals surface area contributed by atoms with Gasteiger partial charge in [0.15, 0.2) is 6.61 Å². The molecule has 1 heterocycles. The molecule has 144 valence electrons. The van der Waals surface area contributed by atoms with Gasteiger partial charge in [0, 0.05) is 24.0 Å². The van der Waals surface area contributed by atoms with Crippen molar-refractivity contribution >= 4 is 28.7 Å². The molecule has 0 fully saturated rings. The molecule has 7 heteroatoms. The van der Waals surface area contributed by atoms with Crippen LogP contribution in [0.2, 0.25) is 0 Å². The molecule has 0 spiro atoms. The predicted octanol–water partition coefficient (Wildman–Crippen LogP) is 2.47. The molecular weight excluding hydrogens is 348 g/mol. The van der Waals surface area contributed by atoms with E-state index in [9.17, 15) is 14.4 Å². The van der Waals surface area contributed by atoms with Gasteiger partial charge in [-0.3, -0.25) is 14.6 Å². The first-order chi connectivity index (χ1) is 12.9. The van der Waals surface area contributed by atoms with E-state index in [1.165, 1.54) is 0 Å². The Morgan fingerprint density at radius 1 is 1.11 bits per heavy atom. The summed E-state index contributed by atoms with van der Waals surface area (Å²) in [6.45, 7) is 5.73. The molecule has 0 unspecified atom stereocenters. The standard InChI is InChI=1S/C20H24N2O5/c1-4-26-19(24)6-5-9-21-18(23)12-27-20(25)16-11-14(3)22-17-8-7-13(2)10-15(16)17/h7-8,10-11H,4-6,9,12H2,1-3H3,(H,21,23). The van der Waals surface area contributed by atoms with Gasteiger partial charge in [-0.05, 0) is 45.4 Å². The number of nitrogens with one attached hydrogen (secondary N) is 1. The first kappa shape index (κ1) is 20.4. The van der Waals surface area contributed by atoms with Crippen molar-refractivity contribution in [3.8, 4) is 0 Å². The largest absolute Gasteiger partial charge is 0.466 e. The normalized spacial score (nSPS) is 10.5. The van der Waals surface area contributed by atoms with Gasteiger partial charge in [-0.15, -0.1) is 0 Å². The Labute approximate surface area is 158 Å². The number of esters is 2. The number of nitrogens with zero attached hydrogens (tertiary/aromatic N) is 1. The minimum Gasteiger partial charge on any atom is -0.466 e. The Morgan fingerprint density at radius 3 is 2.63 bits per heavy atom. The number of aryl methyl sites for hydroxylation is 2. The summed E-state index contributed by atoms with van der Waals surface area (Å²) in [7, 11) is 0. The maximum Gasteiger partial charge on any atom is 0.339 e. The maximum atomic E-state index is 12.4. The summed E-state index contributed by atoms with van der Waals surface area (Å²) in [6, 6.07) is 7.30. The van der Waals surface area contributed by atoms with Crippen LogP contribution >= 0.6 is 0 Å². The van der Waals surface area contributed by atoms with Crippen LogP contribution in [0.3, 0.4) is 0 Å². The molecular formula is C20H24N2O5. The lowest BCUT2D eigenvalue weighted by atomic mass is 10.1. The van der Waals surface area contributed by atoms with E-state index in [4.69, 9.17) is 9.47 Å². The molecule has 1 amide bonds. The van der Waals surface area contributed by atoms with E-state index in [1.54, 1.807) is 19.9 Å². The van der Waals surface area contributed by atoms with Crippen molar-refractivity contribution in [2.24, 2.45) is 0 Å². The quantitative estimate of drug-likeness (QED) is 0.565. The molecule has 0 bridgehead atoms. The number of fused-ring (bicyclic) bond motifs is 1. The Kier molecular flexibility index (Phi) is 7.28. The highest BCUT2D eigenvalue weighted by Crippen LogP contribution is 2.20. The summed E-state index contributed by atoms with van der Waals surface area (Å²) in [5.74, 6) is -1.29. The Bertz CT molecular complexity index is 848. The molecule has 7 nitrogen and oxygen atoms in total. The smallest absolute Gasteiger partial charge is 0.339 e. The predicted molar refractivity (Wildman–Crippen MR) is 100 cm³/mol. The number of amides is 1. The lowest BCUT2D eigenvalue weighted by Gasteiger charge is -2.09. The third-order valence-electron chi connectivity index (χ3n) is 3.83. The minimum atomic E-state index is -0.572. The van der Waals surface area contributed by atoms with Gasteiger partial charge in [-0.2, -0.15) is 0 Å². The monoisotopic (exact) mass is 372 g/mol. The SMILES string of the molecule is CCOC(=O)CCCNC(=O)COC(=O)c1cc(C)nc2ccc(C)cc12. The van der Waals surface area contributed by atoms with Gasteiger partial charge in [-0.1, -0.05) is 11.6 Å². The molecule has 1 N–H and O–H groups in total. The topological polar surface area (TPSA) is 94.6 Å². The van der Waals surface area contributed by atoms with Gasteiger partial charge >= 0.3 is 11.9 Å². The van der Waals surface area contributed by atoms with Gasteiger partial charge in [0.25, 0.3) is 5.91 Å². The minimum absolute atomic E-state index is 0.232. The van der Waals surface area contributed by atoms with Crippen molar-refractivity contribution in [1.29, 1.82) is 0 Å². The highest BCUT2D eigenvalue weighted by Gasteiger charge is 2.15. The Morgan fingerprint density at radius 2 is 1.89 bits per heavy atom. The molecule has 0 atom stereocenters. The lowest BCUT2D eigenvalue weighted by molar-refractivity contribution is -0.143. The van der Waals surface area contributed by atoms with Crippen LogP contribution in [0.25, 0.3) is 10.9 Å². The van der Waals surface area contributed by atoms with Crippen LogP contribution in [0, 0.1) is 13.8 Å². The molecule has 2 rings (SSSR count). The first-order valence-electron chi connectivity index (χ1n) is 8.88. The third kappa shape index (κ3) is 6.06. The summed E-state index contributed by atoms with van der Waals surface area (Å²) >= 11 is 0. The van der Waals surface area contributed by atoms with Gasteiger partial charge in [0.2, 0.25) is 0 Å². The van der Waals surface area contributed by atoms with E-state index < -0.39 is 11.9 Å². The van der Waals surface area contributed by atoms with Crippen molar-refractivity contribution in [2.75, 3.05) is 19.8 Å². The molecule has 0 saturated carbocycles. The first-order valence-corrected chi connectivity index (χ1v) is 8.88. The van der Waals surface area contributed by atoms with E-state index in [2.05, 4.69) is 10.3 Å². The maximum absolute atomic E-state index is 12.4. The molecule has 0 aliphatic heterocycles. The lowest BCUT2D eigenvalue weighted by Crippen LogP contribution is -2.30. The summed E-state index contributed by atoms with van der Waals surface area (Å²) in [5, 5.41) is 3.30. The van der Waals surface area contributed by atoms with Gasteiger partial charge in [-0.25, -0.2) is 4.79 Å². The van der Waals surface area contributed by atoms with Gasteiger partial charge in [0.05, 0.1) is 17.7 Å². The van der Waals surface area contributed by atoms with E-state index in [0.717, 1.165) is 5.56 Å². The highest BCUT2D eigenvalue weighted by molar-refractivity contribution is 6.04. The van der Waals surface area contributed by atoms with Crippen LogP contribution in [0.1, 0.15) is 41.4 Å². The van der Waals surface area contributed by atoms with Crippen LogP contribution in [0.15, 0.2) is 24.3 Å². The number of ether oxygens (including phenoxy) is 2. The zero-order chi connectivity index (χ0) is 19.8. The van der Waals surface area contributed by atoms with Crippen LogP contribution in [0.5, 0.6) is 0 Å². The average molecular weight is 372 g/mol.